The van der Waals surface area contributed by atoms with E-state index in [1.54, 1.807) is 19.1 Å². The minimum Gasteiger partial charge on any atom is -0.478 e. The number of hydrogen-bond donors (Lipinski definition) is 2. The Morgan fingerprint density at radius 3 is 2.72 bits per heavy atom. The fourth-order valence-corrected chi connectivity index (χ4v) is 3.95. The number of nitrogens with one attached hydrogen (secondary N) is 1. The fraction of sp³-hybridized carbons (Fsp3) is 0.438. The van der Waals surface area contributed by atoms with Gasteiger partial charge in [-0.05, 0) is 30.2 Å². The number of alkyl halides is 3. The molecule has 1 saturated heterocycles. The standard InChI is InChI=1S/C16H15F3N2O3S/c1-8-2-3-9(15(23)24)4-10(8)7-25-14-11(6-20)12(16(17,18)19)5-13(22)21-14/h2-4,11-12,14H,5,7H2,1H3,(H,21,22)(H,23,24). The van der Waals surface area contributed by atoms with Crippen LogP contribution in [0, 0.1) is 30.1 Å². The van der Waals surface area contributed by atoms with Gasteiger partial charge >= 0.3 is 12.1 Å². The van der Waals surface area contributed by atoms with E-state index in [9.17, 15) is 22.8 Å². The molecule has 0 radical (unpaired) electrons. The molecule has 1 aliphatic rings. The van der Waals surface area contributed by atoms with Crippen LogP contribution >= 0.6 is 11.8 Å². The van der Waals surface area contributed by atoms with Gasteiger partial charge in [-0.25, -0.2) is 4.79 Å². The molecule has 1 aromatic rings. The summed E-state index contributed by atoms with van der Waals surface area (Å²) in [4.78, 5) is 22.6. The van der Waals surface area contributed by atoms with Crippen LogP contribution in [-0.2, 0) is 10.5 Å². The molecular formula is C16H15F3N2O3S. The zero-order valence-corrected chi connectivity index (χ0v) is 13.9. The normalized spacial score (nSPS) is 23.6. The Labute approximate surface area is 146 Å². The summed E-state index contributed by atoms with van der Waals surface area (Å²) in [7, 11) is 0. The summed E-state index contributed by atoms with van der Waals surface area (Å²) in [6.45, 7) is 1.75. The number of carbonyl (C=O) groups is 2. The van der Waals surface area contributed by atoms with Crippen molar-refractivity contribution in [1.82, 2.24) is 5.32 Å². The summed E-state index contributed by atoms with van der Waals surface area (Å²) in [6.07, 6.45) is -5.39. The van der Waals surface area contributed by atoms with Crippen LogP contribution in [0.2, 0.25) is 0 Å². The molecule has 5 nitrogen and oxygen atoms in total. The van der Waals surface area contributed by atoms with E-state index >= 15 is 0 Å². The quantitative estimate of drug-likeness (QED) is 0.848. The van der Waals surface area contributed by atoms with E-state index in [2.05, 4.69) is 5.32 Å². The summed E-state index contributed by atoms with van der Waals surface area (Å²) in [5.41, 5.74) is 1.48. The minimum atomic E-state index is -4.63. The highest BCUT2D eigenvalue weighted by Crippen LogP contribution is 2.41. The third-order valence-corrected chi connectivity index (χ3v) is 5.30. The first kappa shape index (κ1) is 19.1. The number of nitrogens with zero attached hydrogens (tertiary/aromatic N) is 1. The predicted molar refractivity (Wildman–Crippen MR) is 84.6 cm³/mol. The maximum Gasteiger partial charge on any atom is 0.393 e. The molecule has 0 aliphatic carbocycles. The molecule has 1 fully saturated rings. The van der Waals surface area contributed by atoms with Crippen LogP contribution in [0.1, 0.15) is 27.9 Å². The lowest BCUT2D eigenvalue weighted by molar-refractivity contribution is -0.192. The molecule has 0 saturated carbocycles. The lowest BCUT2D eigenvalue weighted by Gasteiger charge is -2.35. The van der Waals surface area contributed by atoms with Crippen molar-refractivity contribution in [3.05, 3.63) is 34.9 Å². The second-order valence-corrected chi connectivity index (χ2v) is 6.88. The molecule has 2 N–H and O–H groups in total. The molecule has 1 heterocycles. The van der Waals surface area contributed by atoms with Crippen LogP contribution in [0.25, 0.3) is 0 Å². The summed E-state index contributed by atoms with van der Waals surface area (Å²) in [5.74, 6) is -5.08. The number of aryl methyl sites for hydroxylation is 1. The van der Waals surface area contributed by atoms with E-state index in [4.69, 9.17) is 10.4 Å². The number of carboxylic acids is 1. The molecule has 9 heteroatoms. The molecule has 25 heavy (non-hydrogen) atoms. The highest BCUT2D eigenvalue weighted by atomic mass is 32.2. The van der Waals surface area contributed by atoms with Crippen LogP contribution in [0.3, 0.4) is 0 Å². The predicted octanol–water partition coefficient (Wildman–Crippen LogP) is 3.09. The number of amides is 1. The SMILES string of the molecule is Cc1ccc(C(=O)O)cc1CSC1NC(=O)CC(C(F)(F)F)C1C#N. The lowest BCUT2D eigenvalue weighted by atomic mass is 9.86. The van der Waals surface area contributed by atoms with Crippen LogP contribution in [0.15, 0.2) is 18.2 Å². The zero-order valence-electron chi connectivity index (χ0n) is 13.1. The largest absolute Gasteiger partial charge is 0.478 e. The van der Waals surface area contributed by atoms with E-state index in [1.807, 2.05) is 0 Å². The summed E-state index contributed by atoms with van der Waals surface area (Å²) in [5, 5.41) is 19.6. The number of hydrogen-bond acceptors (Lipinski definition) is 4. The Hall–Kier alpha value is -2.21. The topological polar surface area (TPSA) is 90.2 Å². The Balaban J connectivity index is 2.18. The molecule has 1 amide bonds. The van der Waals surface area contributed by atoms with Crippen LogP contribution in [-0.4, -0.2) is 28.5 Å². The van der Waals surface area contributed by atoms with Crippen molar-refractivity contribution >= 4 is 23.6 Å². The Kier molecular flexibility index (Phi) is 5.62. The molecule has 1 aliphatic heterocycles. The number of carbonyl (C=O) groups excluding carboxylic acids is 1. The molecule has 0 spiro atoms. The monoisotopic (exact) mass is 372 g/mol. The van der Waals surface area contributed by atoms with Gasteiger partial charge in [0.05, 0.1) is 28.8 Å². The van der Waals surface area contributed by atoms with Crippen LogP contribution < -0.4 is 5.32 Å². The van der Waals surface area contributed by atoms with Crippen molar-refractivity contribution in [3.8, 4) is 6.07 Å². The lowest BCUT2D eigenvalue weighted by Crippen LogP contribution is -2.51. The number of halogens is 3. The molecule has 3 unspecified atom stereocenters. The van der Waals surface area contributed by atoms with Gasteiger partial charge in [0.2, 0.25) is 5.91 Å². The highest BCUT2D eigenvalue weighted by molar-refractivity contribution is 7.99. The molecule has 1 aromatic carbocycles. The molecule has 134 valence electrons. The maximum atomic E-state index is 13.1. The third-order valence-electron chi connectivity index (χ3n) is 4.05. The van der Waals surface area contributed by atoms with Gasteiger partial charge in [0.1, 0.15) is 0 Å². The summed E-state index contributed by atoms with van der Waals surface area (Å²) < 4.78 is 39.3. The fourth-order valence-electron chi connectivity index (χ4n) is 2.61. The second-order valence-electron chi connectivity index (χ2n) is 5.75. The Morgan fingerprint density at radius 1 is 1.48 bits per heavy atom. The van der Waals surface area contributed by atoms with Gasteiger partial charge in [-0.15, -0.1) is 11.8 Å². The van der Waals surface area contributed by atoms with Crippen molar-refractivity contribution in [3.63, 3.8) is 0 Å². The average Bonchev–Trinajstić information content (AvgIpc) is 2.52. The molecule has 3 atom stereocenters. The van der Waals surface area contributed by atoms with Gasteiger partial charge in [-0.1, -0.05) is 6.07 Å². The molecule has 0 bridgehead atoms. The van der Waals surface area contributed by atoms with Gasteiger partial charge in [0.15, 0.2) is 0 Å². The Morgan fingerprint density at radius 2 is 2.16 bits per heavy atom. The third kappa shape index (κ3) is 4.45. The van der Waals surface area contributed by atoms with Crippen molar-refractivity contribution in [2.24, 2.45) is 11.8 Å². The number of aromatic carboxylic acids is 1. The van der Waals surface area contributed by atoms with Crippen molar-refractivity contribution < 1.29 is 27.9 Å². The number of rotatable bonds is 4. The van der Waals surface area contributed by atoms with Gasteiger partial charge in [0.25, 0.3) is 0 Å². The molecular weight excluding hydrogens is 357 g/mol. The highest BCUT2D eigenvalue weighted by Gasteiger charge is 2.51. The second kappa shape index (κ2) is 7.35. The van der Waals surface area contributed by atoms with Crippen molar-refractivity contribution in [1.29, 1.82) is 5.26 Å². The number of thioether (sulfide) groups is 1. The summed E-state index contributed by atoms with van der Waals surface area (Å²) in [6, 6.07) is 6.15. The first-order chi connectivity index (χ1) is 11.6. The van der Waals surface area contributed by atoms with Crippen LogP contribution in [0.4, 0.5) is 13.2 Å². The van der Waals surface area contributed by atoms with Crippen molar-refractivity contribution in [2.75, 3.05) is 0 Å². The first-order valence-corrected chi connectivity index (χ1v) is 8.38. The van der Waals surface area contributed by atoms with Gasteiger partial charge < -0.3 is 10.4 Å². The zero-order chi connectivity index (χ0) is 18.8. The van der Waals surface area contributed by atoms with Gasteiger partial charge in [-0.2, -0.15) is 18.4 Å². The minimum absolute atomic E-state index is 0.0684. The van der Waals surface area contributed by atoms with Crippen LogP contribution in [0.5, 0.6) is 0 Å². The van der Waals surface area contributed by atoms with E-state index in [0.717, 1.165) is 17.3 Å². The maximum absolute atomic E-state index is 13.1. The molecule has 2 rings (SSSR count). The number of benzene rings is 1. The van der Waals surface area contributed by atoms with Gasteiger partial charge in [-0.3, -0.25) is 4.79 Å². The number of piperidine rings is 1. The number of nitriles is 1. The average molecular weight is 372 g/mol. The van der Waals surface area contributed by atoms with E-state index < -0.39 is 41.7 Å². The first-order valence-electron chi connectivity index (χ1n) is 7.33. The number of carboxylic acid groups (broad SMARTS) is 1. The summed E-state index contributed by atoms with van der Waals surface area (Å²) >= 11 is 0.994. The Bertz CT molecular complexity index is 730. The van der Waals surface area contributed by atoms with Gasteiger partial charge in [0, 0.05) is 12.2 Å². The van der Waals surface area contributed by atoms with E-state index in [-0.39, 0.29) is 11.3 Å². The van der Waals surface area contributed by atoms with E-state index in [1.165, 1.54) is 12.1 Å². The van der Waals surface area contributed by atoms with Crippen molar-refractivity contribution in [2.45, 2.75) is 30.6 Å². The van der Waals surface area contributed by atoms with E-state index in [0.29, 0.717) is 5.56 Å². The molecule has 0 aromatic heterocycles. The smallest absolute Gasteiger partial charge is 0.393 e.